The number of ether oxygens (including phenoxy) is 2. The smallest absolute Gasteiger partial charge is 0.411 e. The zero-order valence-corrected chi connectivity index (χ0v) is 24.4. The summed E-state index contributed by atoms with van der Waals surface area (Å²) in [6, 6.07) is 23.5. The molecule has 41 heavy (non-hydrogen) atoms. The Morgan fingerprint density at radius 3 is 1.83 bits per heavy atom. The third kappa shape index (κ3) is 11.6. The van der Waals surface area contributed by atoms with E-state index >= 15 is 0 Å². The highest BCUT2D eigenvalue weighted by molar-refractivity contribution is 5.84. The maximum atomic E-state index is 12.0. The van der Waals surface area contributed by atoms with E-state index in [9.17, 15) is 9.59 Å². The highest BCUT2D eigenvalue weighted by Crippen LogP contribution is 2.31. The van der Waals surface area contributed by atoms with Gasteiger partial charge in [-0.15, -0.1) is 0 Å². The molecule has 0 fully saturated rings. The number of hydrogen-bond acceptors (Lipinski definition) is 4. The van der Waals surface area contributed by atoms with Crippen molar-refractivity contribution in [3.8, 4) is 5.75 Å². The molecule has 3 rings (SSSR count). The van der Waals surface area contributed by atoms with Crippen LogP contribution in [-0.2, 0) is 11.2 Å². The Balaban J connectivity index is 1.68. The van der Waals surface area contributed by atoms with Crippen molar-refractivity contribution in [3.63, 3.8) is 0 Å². The Morgan fingerprint density at radius 2 is 1.24 bits per heavy atom. The minimum absolute atomic E-state index is 0.0225. The van der Waals surface area contributed by atoms with Crippen molar-refractivity contribution in [2.45, 2.75) is 77.6 Å². The molecule has 3 aromatic rings. The van der Waals surface area contributed by atoms with Gasteiger partial charge in [0.2, 0.25) is 0 Å². The Kier molecular flexibility index (Phi) is 13.6. The van der Waals surface area contributed by atoms with Gasteiger partial charge >= 0.3 is 12.2 Å². The zero-order chi connectivity index (χ0) is 29.3. The Bertz CT molecular complexity index is 1180. The second-order valence-electron chi connectivity index (χ2n) is 10.3. The molecule has 7 nitrogen and oxygen atoms in total. The van der Waals surface area contributed by atoms with Crippen LogP contribution >= 0.6 is 0 Å². The van der Waals surface area contributed by atoms with Gasteiger partial charge in [-0.25, -0.2) is 9.59 Å². The fraction of sp³-hybridized carbons (Fsp3) is 0.412. The van der Waals surface area contributed by atoms with Gasteiger partial charge in [-0.1, -0.05) is 88.8 Å². The lowest BCUT2D eigenvalue weighted by Gasteiger charge is -2.20. The summed E-state index contributed by atoms with van der Waals surface area (Å²) >= 11 is 0. The summed E-state index contributed by atoms with van der Waals surface area (Å²) in [4.78, 5) is 23.1. The molecule has 0 spiro atoms. The third-order valence-electron chi connectivity index (χ3n) is 6.98. The van der Waals surface area contributed by atoms with Crippen molar-refractivity contribution in [1.82, 2.24) is 0 Å². The molecule has 2 amide bonds. The van der Waals surface area contributed by atoms with E-state index in [1.54, 1.807) is 12.1 Å². The molecular formula is C34H44N2O5. The van der Waals surface area contributed by atoms with Gasteiger partial charge < -0.3 is 14.6 Å². The van der Waals surface area contributed by atoms with Crippen molar-refractivity contribution >= 4 is 23.6 Å². The van der Waals surface area contributed by atoms with E-state index in [0.717, 1.165) is 54.7 Å². The van der Waals surface area contributed by atoms with Gasteiger partial charge in [-0.05, 0) is 72.4 Å². The SMILES string of the molecule is CCCCCCCCOc1ccc(CC(c2ccc(NC(=O)O)cc2)c2ccc(NC(=O)OCCCC)cc2)cc1. The molecule has 0 aliphatic carbocycles. The lowest BCUT2D eigenvalue weighted by atomic mass is 9.86. The van der Waals surface area contributed by atoms with Crippen LogP contribution in [0.1, 0.15) is 87.8 Å². The minimum atomic E-state index is -1.09. The van der Waals surface area contributed by atoms with Gasteiger partial charge in [0.15, 0.2) is 0 Å². The summed E-state index contributed by atoms with van der Waals surface area (Å²) in [5.41, 5.74) is 4.49. The van der Waals surface area contributed by atoms with Crippen LogP contribution < -0.4 is 15.4 Å². The molecule has 3 aromatic carbocycles. The van der Waals surface area contributed by atoms with Gasteiger partial charge in [0.05, 0.1) is 13.2 Å². The van der Waals surface area contributed by atoms with Crippen LogP contribution in [0.25, 0.3) is 0 Å². The van der Waals surface area contributed by atoms with Gasteiger partial charge in [-0.3, -0.25) is 10.6 Å². The summed E-state index contributed by atoms with van der Waals surface area (Å²) in [5, 5.41) is 14.2. The lowest BCUT2D eigenvalue weighted by molar-refractivity contribution is 0.160. The van der Waals surface area contributed by atoms with Gasteiger partial charge in [0, 0.05) is 17.3 Å². The number of rotatable bonds is 17. The van der Waals surface area contributed by atoms with Crippen molar-refractivity contribution in [3.05, 3.63) is 89.5 Å². The average molecular weight is 561 g/mol. The number of carbonyl (C=O) groups excluding carboxylic acids is 1. The van der Waals surface area contributed by atoms with Crippen LogP contribution in [0.15, 0.2) is 72.8 Å². The van der Waals surface area contributed by atoms with Crippen molar-refractivity contribution in [2.24, 2.45) is 0 Å². The Morgan fingerprint density at radius 1 is 0.683 bits per heavy atom. The van der Waals surface area contributed by atoms with Crippen molar-refractivity contribution < 1.29 is 24.2 Å². The Hall–Kier alpha value is -4.00. The molecule has 0 bridgehead atoms. The van der Waals surface area contributed by atoms with Crippen LogP contribution in [0.5, 0.6) is 5.75 Å². The largest absolute Gasteiger partial charge is 0.494 e. The first-order chi connectivity index (χ1) is 20.0. The molecule has 0 aliphatic heterocycles. The van der Waals surface area contributed by atoms with Crippen molar-refractivity contribution in [1.29, 1.82) is 0 Å². The highest BCUT2D eigenvalue weighted by atomic mass is 16.5. The number of amides is 2. The van der Waals surface area contributed by atoms with E-state index in [1.807, 2.05) is 55.5 Å². The van der Waals surface area contributed by atoms with E-state index in [0.29, 0.717) is 18.0 Å². The van der Waals surface area contributed by atoms with Crippen molar-refractivity contribution in [2.75, 3.05) is 23.8 Å². The number of anilines is 2. The van der Waals surface area contributed by atoms with Crippen LogP contribution in [0.3, 0.4) is 0 Å². The first kappa shape index (κ1) is 31.5. The molecular weight excluding hydrogens is 516 g/mol. The molecule has 0 aliphatic rings. The summed E-state index contributed by atoms with van der Waals surface area (Å²) in [6.07, 6.45) is 8.41. The van der Waals surface area contributed by atoms with Crippen LogP contribution in [0.2, 0.25) is 0 Å². The molecule has 0 saturated carbocycles. The minimum Gasteiger partial charge on any atom is -0.494 e. The van der Waals surface area contributed by atoms with Crippen LogP contribution in [0, 0.1) is 0 Å². The number of carbonyl (C=O) groups is 2. The topological polar surface area (TPSA) is 96.9 Å². The Labute approximate surface area is 244 Å². The predicted molar refractivity (Wildman–Crippen MR) is 165 cm³/mol. The van der Waals surface area contributed by atoms with E-state index in [2.05, 4.69) is 29.7 Å². The molecule has 0 radical (unpaired) electrons. The zero-order valence-electron chi connectivity index (χ0n) is 24.4. The van der Waals surface area contributed by atoms with Gasteiger partial charge in [0.1, 0.15) is 5.75 Å². The molecule has 3 N–H and O–H groups in total. The lowest BCUT2D eigenvalue weighted by Crippen LogP contribution is -2.14. The number of benzene rings is 3. The van der Waals surface area contributed by atoms with Gasteiger partial charge in [-0.2, -0.15) is 0 Å². The van der Waals surface area contributed by atoms with E-state index in [4.69, 9.17) is 14.6 Å². The van der Waals surface area contributed by atoms with Gasteiger partial charge in [0.25, 0.3) is 0 Å². The predicted octanol–water partition coefficient (Wildman–Crippen LogP) is 9.24. The number of hydrogen-bond donors (Lipinski definition) is 3. The molecule has 220 valence electrons. The number of nitrogens with one attached hydrogen (secondary N) is 2. The summed E-state index contributed by atoms with van der Waals surface area (Å²) in [7, 11) is 0. The monoisotopic (exact) mass is 560 g/mol. The quantitative estimate of drug-likeness (QED) is 0.143. The highest BCUT2D eigenvalue weighted by Gasteiger charge is 2.16. The third-order valence-corrected chi connectivity index (χ3v) is 6.98. The first-order valence-electron chi connectivity index (χ1n) is 14.8. The summed E-state index contributed by atoms with van der Waals surface area (Å²) in [6.45, 7) is 5.41. The fourth-order valence-electron chi connectivity index (χ4n) is 4.64. The molecule has 0 aromatic heterocycles. The summed E-state index contributed by atoms with van der Waals surface area (Å²) in [5.74, 6) is 0.901. The number of unbranched alkanes of at least 4 members (excludes halogenated alkanes) is 6. The maximum absolute atomic E-state index is 12.0. The number of carboxylic acid groups (broad SMARTS) is 1. The molecule has 0 heterocycles. The standard InChI is InChI=1S/C34H44N2O5/c1-3-5-7-8-9-10-24-40-31-21-11-26(12-22-31)25-32(27-13-17-29(18-14-27)35-33(37)38)28-15-19-30(20-16-28)36-34(39)41-23-6-4-2/h11-22,32,35H,3-10,23-25H2,1-2H3,(H,36,39)(H,37,38). The first-order valence-corrected chi connectivity index (χ1v) is 14.8. The second-order valence-corrected chi connectivity index (χ2v) is 10.3. The van der Waals surface area contributed by atoms with E-state index in [1.165, 1.54) is 32.1 Å². The molecule has 7 heteroatoms. The molecule has 1 unspecified atom stereocenters. The maximum Gasteiger partial charge on any atom is 0.411 e. The van der Waals surface area contributed by atoms with Crippen LogP contribution in [0.4, 0.5) is 21.0 Å². The summed E-state index contributed by atoms with van der Waals surface area (Å²) < 4.78 is 11.2. The van der Waals surface area contributed by atoms with E-state index < -0.39 is 12.2 Å². The van der Waals surface area contributed by atoms with Crippen LogP contribution in [-0.4, -0.2) is 30.5 Å². The molecule has 0 saturated heterocycles. The molecule has 1 atom stereocenters. The van der Waals surface area contributed by atoms with E-state index in [-0.39, 0.29) is 5.92 Å². The second kappa shape index (κ2) is 17.6. The fourth-order valence-corrected chi connectivity index (χ4v) is 4.64. The normalized spacial score (nSPS) is 11.5. The average Bonchev–Trinajstić information content (AvgIpc) is 2.97.